The monoisotopic (exact) mass is 567 g/mol. The molecule has 1 aliphatic carbocycles. The molecule has 1 aromatic rings. The molecule has 0 aliphatic heterocycles. The molecule has 0 atom stereocenters. The predicted molar refractivity (Wildman–Crippen MR) is 138 cm³/mol. The highest BCUT2D eigenvalue weighted by atomic mass is 127. The van der Waals surface area contributed by atoms with Crippen LogP contribution in [-0.2, 0) is 15.3 Å². The fourth-order valence-corrected chi connectivity index (χ4v) is 4.68. The highest BCUT2D eigenvalue weighted by Crippen LogP contribution is 2.42. The van der Waals surface area contributed by atoms with Crippen LogP contribution >= 0.6 is 24.0 Å². The number of hydrogen-bond acceptors (Lipinski definition) is 5. The Hall–Kier alpha value is -1.23. The van der Waals surface area contributed by atoms with Gasteiger partial charge in [0.25, 0.3) is 0 Å². The van der Waals surface area contributed by atoms with Crippen LogP contribution in [0.2, 0.25) is 0 Å². The van der Waals surface area contributed by atoms with Crippen molar-refractivity contribution >= 4 is 39.8 Å². The van der Waals surface area contributed by atoms with Crippen LogP contribution in [0.25, 0.3) is 0 Å². The van der Waals surface area contributed by atoms with Gasteiger partial charge in [0.2, 0.25) is 0 Å². The van der Waals surface area contributed by atoms with E-state index in [-0.39, 0.29) is 40.9 Å². The quantitative estimate of drug-likeness (QED) is 0.256. The van der Waals surface area contributed by atoms with E-state index in [1.807, 2.05) is 13.0 Å². The largest absolute Gasteiger partial charge is 0.493 e. The number of hydrogen-bond donors (Lipinski definition) is 2. The molecule has 0 saturated heterocycles. The number of rotatable bonds is 10. The number of sulfone groups is 1. The van der Waals surface area contributed by atoms with Crippen LogP contribution in [0.3, 0.4) is 0 Å². The maximum Gasteiger partial charge on any atom is 0.191 e. The van der Waals surface area contributed by atoms with E-state index in [0.29, 0.717) is 19.0 Å². The summed E-state index contributed by atoms with van der Waals surface area (Å²) in [5.41, 5.74) is 1.16. The molecule has 1 fully saturated rings. The zero-order valence-corrected chi connectivity index (χ0v) is 22.3. The van der Waals surface area contributed by atoms with Crippen LogP contribution in [0.5, 0.6) is 11.5 Å². The summed E-state index contributed by atoms with van der Waals surface area (Å²) in [5.74, 6) is 2.38. The summed E-state index contributed by atoms with van der Waals surface area (Å²) in [7, 11) is 0.296. The van der Waals surface area contributed by atoms with E-state index in [2.05, 4.69) is 22.8 Å². The van der Waals surface area contributed by atoms with Gasteiger partial charge in [-0.2, -0.15) is 0 Å². The minimum Gasteiger partial charge on any atom is -0.493 e. The van der Waals surface area contributed by atoms with Gasteiger partial charge in [0, 0.05) is 24.3 Å². The molecule has 0 amide bonds. The molecule has 1 saturated carbocycles. The Morgan fingerprint density at radius 3 is 2.32 bits per heavy atom. The second-order valence-electron chi connectivity index (χ2n) is 7.77. The molecule has 0 unspecified atom stereocenters. The molecule has 9 heteroatoms. The lowest BCUT2D eigenvalue weighted by Gasteiger charge is -2.37. The van der Waals surface area contributed by atoms with Crippen LogP contribution in [0.1, 0.15) is 51.5 Å². The minimum atomic E-state index is -3.01. The van der Waals surface area contributed by atoms with E-state index in [1.54, 1.807) is 21.1 Å². The predicted octanol–water partition coefficient (Wildman–Crippen LogP) is 3.51. The summed E-state index contributed by atoms with van der Waals surface area (Å²) >= 11 is 0. The number of guanidine groups is 1. The van der Waals surface area contributed by atoms with Gasteiger partial charge >= 0.3 is 0 Å². The molecule has 1 aliphatic rings. The lowest BCUT2D eigenvalue weighted by molar-refractivity contribution is 0.298. The summed E-state index contributed by atoms with van der Waals surface area (Å²) in [6, 6.07) is 6.16. The van der Waals surface area contributed by atoms with Gasteiger partial charge in [-0.25, -0.2) is 8.42 Å². The second-order valence-corrected chi connectivity index (χ2v) is 10.2. The third-order valence-corrected chi connectivity index (χ3v) is 7.54. The Labute approximate surface area is 204 Å². The molecule has 2 rings (SSSR count). The van der Waals surface area contributed by atoms with Gasteiger partial charge in [0.15, 0.2) is 27.3 Å². The van der Waals surface area contributed by atoms with Crippen LogP contribution in [0.4, 0.5) is 0 Å². The number of ether oxygens (including phenoxy) is 2. The van der Waals surface area contributed by atoms with Gasteiger partial charge in [-0.3, -0.25) is 4.99 Å². The number of halogens is 1. The first-order valence-corrected chi connectivity index (χ1v) is 12.7. The second kappa shape index (κ2) is 13.3. The van der Waals surface area contributed by atoms with Gasteiger partial charge < -0.3 is 20.1 Å². The molecular weight excluding hydrogens is 529 g/mol. The van der Waals surface area contributed by atoms with E-state index in [4.69, 9.17) is 14.5 Å². The van der Waals surface area contributed by atoms with Gasteiger partial charge in [0.1, 0.15) is 0 Å². The van der Waals surface area contributed by atoms with E-state index >= 15 is 0 Å². The molecule has 0 heterocycles. The fraction of sp³-hybridized carbons (Fsp3) is 0.682. The zero-order chi connectivity index (χ0) is 22.0. The summed E-state index contributed by atoms with van der Waals surface area (Å²) in [6.07, 6.45) is 5.71. The highest BCUT2D eigenvalue weighted by molar-refractivity contribution is 14.0. The molecule has 7 nitrogen and oxygen atoms in total. The van der Waals surface area contributed by atoms with Crippen molar-refractivity contribution in [1.82, 2.24) is 10.6 Å². The average Bonchev–Trinajstić information content (AvgIpc) is 2.77. The van der Waals surface area contributed by atoms with Crippen LogP contribution in [0, 0.1) is 0 Å². The number of nitrogens with zero attached hydrogens (tertiary/aromatic N) is 1. The summed E-state index contributed by atoms with van der Waals surface area (Å²) < 4.78 is 34.5. The van der Waals surface area contributed by atoms with Gasteiger partial charge in [-0.15, -0.1) is 24.0 Å². The summed E-state index contributed by atoms with van der Waals surface area (Å²) in [6.45, 7) is 5.38. The minimum absolute atomic E-state index is 0. The highest BCUT2D eigenvalue weighted by Gasteiger charge is 2.34. The molecular formula is C22H38IN3O4S. The number of benzene rings is 1. The van der Waals surface area contributed by atoms with Crippen LogP contribution in [-0.4, -0.2) is 59.7 Å². The van der Waals surface area contributed by atoms with Crippen molar-refractivity contribution < 1.29 is 17.9 Å². The smallest absolute Gasteiger partial charge is 0.191 e. The first kappa shape index (κ1) is 27.8. The zero-order valence-electron chi connectivity index (χ0n) is 19.2. The first-order valence-electron chi connectivity index (χ1n) is 10.8. The van der Waals surface area contributed by atoms with Gasteiger partial charge in [0.05, 0.1) is 26.5 Å². The standard InChI is InChI=1S/C22H37N3O4S.HI/c1-5-23-21(24-14-15-30(26,27)6-2)25-17-22(12-8-7-9-13-22)18-10-11-19(28-3)20(16-18)29-4;/h10-11,16H,5-9,12-15,17H2,1-4H3,(H2,23,24,25);1H. The topological polar surface area (TPSA) is 89.0 Å². The Morgan fingerprint density at radius 2 is 1.74 bits per heavy atom. The molecule has 1 aromatic carbocycles. The Bertz CT molecular complexity index is 809. The third kappa shape index (κ3) is 8.00. The van der Waals surface area contributed by atoms with E-state index in [0.717, 1.165) is 30.9 Å². The van der Waals surface area contributed by atoms with Crippen LogP contribution in [0.15, 0.2) is 23.2 Å². The maximum atomic E-state index is 11.8. The molecule has 2 N–H and O–H groups in total. The van der Waals surface area contributed by atoms with E-state index < -0.39 is 9.84 Å². The summed E-state index contributed by atoms with van der Waals surface area (Å²) in [4.78, 5) is 4.86. The van der Waals surface area contributed by atoms with E-state index in [1.165, 1.54) is 24.8 Å². The van der Waals surface area contributed by atoms with Gasteiger partial charge in [-0.05, 0) is 37.5 Å². The van der Waals surface area contributed by atoms with Crippen molar-refractivity contribution in [3.05, 3.63) is 23.8 Å². The first-order chi connectivity index (χ1) is 14.4. The van der Waals surface area contributed by atoms with Crippen molar-refractivity contribution in [2.45, 2.75) is 51.4 Å². The average molecular weight is 568 g/mol. The lowest BCUT2D eigenvalue weighted by atomic mass is 9.69. The van der Waals surface area contributed by atoms with Crippen LogP contribution < -0.4 is 20.1 Å². The molecule has 31 heavy (non-hydrogen) atoms. The van der Waals surface area contributed by atoms with Crippen molar-refractivity contribution in [2.24, 2.45) is 4.99 Å². The Balaban J connectivity index is 0.00000480. The lowest BCUT2D eigenvalue weighted by Crippen LogP contribution is -2.41. The van der Waals surface area contributed by atoms with Gasteiger partial charge in [-0.1, -0.05) is 32.3 Å². The normalized spacial score (nSPS) is 16.2. The van der Waals surface area contributed by atoms with Crippen molar-refractivity contribution in [1.29, 1.82) is 0 Å². The Morgan fingerprint density at radius 1 is 1.06 bits per heavy atom. The summed E-state index contributed by atoms with van der Waals surface area (Å²) in [5, 5.41) is 6.41. The number of aliphatic imine (C=N–C) groups is 1. The van der Waals surface area contributed by atoms with Crippen molar-refractivity contribution in [3.63, 3.8) is 0 Å². The maximum absolute atomic E-state index is 11.8. The third-order valence-electron chi connectivity index (χ3n) is 5.84. The fourth-order valence-electron chi connectivity index (χ4n) is 3.97. The number of nitrogens with one attached hydrogen (secondary N) is 2. The molecule has 0 aromatic heterocycles. The van der Waals surface area contributed by atoms with Crippen molar-refractivity contribution in [3.8, 4) is 11.5 Å². The molecule has 0 radical (unpaired) electrons. The SMILES string of the molecule is CCNC(=NCC1(c2ccc(OC)c(OC)c2)CCCCC1)NCCS(=O)(=O)CC.I. The van der Waals surface area contributed by atoms with Crippen molar-refractivity contribution in [2.75, 3.05) is 45.4 Å². The van der Waals surface area contributed by atoms with E-state index in [9.17, 15) is 8.42 Å². The molecule has 0 bridgehead atoms. The molecule has 0 spiro atoms. The Kier molecular flexibility index (Phi) is 12.0. The molecule has 178 valence electrons. The number of methoxy groups -OCH3 is 2.